The van der Waals surface area contributed by atoms with E-state index in [4.69, 9.17) is 0 Å². The molecule has 0 unspecified atom stereocenters. The highest BCUT2D eigenvalue weighted by Crippen LogP contribution is 2.30. The number of thiophene rings is 1. The summed E-state index contributed by atoms with van der Waals surface area (Å²) in [6.45, 7) is 2.98. The molecule has 0 bridgehead atoms. The van der Waals surface area contributed by atoms with Crippen molar-refractivity contribution in [1.29, 1.82) is 0 Å². The number of thioether (sulfide) groups is 1. The van der Waals surface area contributed by atoms with E-state index < -0.39 is 10.0 Å². The zero-order valence-electron chi connectivity index (χ0n) is 13.6. The molecule has 0 spiro atoms. The highest BCUT2D eigenvalue weighted by atomic mass is 32.2. The van der Waals surface area contributed by atoms with Gasteiger partial charge in [-0.05, 0) is 30.7 Å². The van der Waals surface area contributed by atoms with Crippen LogP contribution in [-0.4, -0.2) is 23.7 Å². The third-order valence-electron chi connectivity index (χ3n) is 3.96. The molecule has 5 nitrogen and oxygen atoms in total. The summed E-state index contributed by atoms with van der Waals surface area (Å²) in [6.07, 6.45) is 2.86. The summed E-state index contributed by atoms with van der Waals surface area (Å²) < 4.78 is 30.3. The number of rotatable bonds is 5. The molecule has 3 aromatic rings. The summed E-state index contributed by atoms with van der Waals surface area (Å²) in [4.78, 5) is 5.68. The van der Waals surface area contributed by atoms with Crippen molar-refractivity contribution in [2.75, 3.05) is 10.5 Å². The number of aromatic nitrogens is 2. The maximum Gasteiger partial charge on any atom is 0.271 e. The molecule has 4 rings (SSSR count). The predicted octanol–water partition coefficient (Wildman–Crippen LogP) is 4.08. The predicted molar refractivity (Wildman–Crippen MR) is 103 cm³/mol. The van der Waals surface area contributed by atoms with Crippen LogP contribution in [0, 0.1) is 0 Å². The van der Waals surface area contributed by atoms with E-state index in [0.29, 0.717) is 9.90 Å². The summed E-state index contributed by atoms with van der Waals surface area (Å²) in [5.74, 6) is 1.06. The van der Waals surface area contributed by atoms with Gasteiger partial charge >= 0.3 is 0 Å². The summed E-state index contributed by atoms with van der Waals surface area (Å²) in [7, 11) is -3.56. The minimum Gasteiger partial charge on any atom is -0.325 e. The smallest absolute Gasteiger partial charge is 0.271 e. The second kappa shape index (κ2) is 6.51. The van der Waals surface area contributed by atoms with Crippen molar-refractivity contribution in [2.24, 2.45) is 0 Å². The van der Waals surface area contributed by atoms with Gasteiger partial charge in [-0.3, -0.25) is 4.72 Å². The van der Waals surface area contributed by atoms with Crippen LogP contribution < -0.4 is 4.72 Å². The zero-order chi connectivity index (χ0) is 17.4. The van der Waals surface area contributed by atoms with E-state index in [9.17, 15) is 8.42 Å². The van der Waals surface area contributed by atoms with E-state index >= 15 is 0 Å². The molecule has 0 amide bonds. The van der Waals surface area contributed by atoms with Crippen molar-refractivity contribution in [3.05, 3.63) is 47.5 Å². The Hall–Kier alpha value is -1.77. The molecule has 0 saturated heterocycles. The Morgan fingerprint density at radius 1 is 1.28 bits per heavy atom. The van der Waals surface area contributed by atoms with E-state index in [1.54, 1.807) is 23.9 Å². The highest BCUT2D eigenvalue weighted by molar-refractivity contribution is 7.99. The third-order valence-corrected chi connectivity index (χ3v) is 8.04. The molecule has 0 atom stereocenters. The van der Waals surface area contributed by atoms with Crippen LogP contribution in [0.5, 0.6) is 0 Å². The second-order valence-electron chi connectivity index (χ2n) is 5.71. The number of imidazole rings is 1. The van der Waals surface area contributed by atoms with Crippen molar-refractivity contribution < 1.29 is 8.42 Å². The van der Waals surface area contributed by atoms with Crippen molar-refractivity contribution in [3.8, 4) is 11.3 Å². The molecule has 0 fully saturated rings. The molecule has 1 aromatic carbocycles. The van der Waals surface area contributed by atoms with Crippen LogP contribution in [0.15, 0.2) is 52.0 Å². The lowest BCUT2D eigenvalue weighted by atomic mass is 10.1. The summed E-state index contributed by atoms with van der Waals surface area (Å²) >= 11 is 3.05. The first kappa shape index (κ1) is 16.7. The Kier molecular flexibility index (Phi) is 4.35. The van der Waals surface area contributed by atoms with Crippen LogP contribution in [-0.2, 0) is 23.0 Å². The van der Waals surface area contributed by atoms with Crippen LogP contribution >= 0.6 is 23.1 Å². The number of benzene rings is 1. The van der Waals surface area contributed by atoms with Gasteiger partial charge in [0, 0.05) is 34.6 Å². The van der Waals surface area contributed by atoms with E-state index in [1.807, 2.05) is 37.4 Å². The summed E-state index contributed by atoms with van der Waals surface area (Å²) in [5.41, 5.74) is 2.32. The van der Waals surface area contributed by atoms with E-state index in [0.717, 1.165) is 40.0 Å². The summed E-state index contributed by atoms with van der Waals surface area (Å²) in [6, 6.07) is 10.9. The SMILES string of the molecule is CCc1ccc(S(=O)(=O)Nc2cccc(-c3cn4c(n3)SCC4)c2)s1. The van der Waals surface area contributed by atoms with E-state index in [-0.39, 0.29) is 0 Å². The van der Waals surface area contributed by atoms with E-state index in [1.165, 1.54) is 11.3 Å². The number of nitrogens with one attached hydrogen (secondary N) is 1. The number of hydrogen-bond donors (Lipinski definition) is 1. The quantitative estimate of drug-likeness (QED) is 0.712. The average molecular weight is 392 g/mol. The number of anilines is 1. The van der Waals surface area contributed by atoms with Gasteiger partial charge < -0.3 is 4.57 Å². The molecule has 3 heterocycles. The molecular formula is C17H17N3O2S3. The van der Waals surface area contributed by atoms with Gasteiger partial charge in [-0.25, -0.2) is 13.4 Å². The Bertz CT molecular complexity index is 1000. The number of sulfonamides is 1. The number of aryl methyl sites for hydroxylation is 2. The van der Waals surface area contributed by atoms with Crippen molar-refractivity contribution in [1.82, 2.24) is 9.55 Å². The fourth-order valence-corrected chi connectivity index (χ4v) is 5.98. The van der Waals surface area contributed by atoms with Gasteiger partial charge in [0.05, 0.1) is 5.69 Å². The standard InChI is InChI=1S/C17H17N3O2S3/c1-2-14-6-7-16(24-14)25(21,22)19-13-5-3-4-12(10-13)15-11-20-8-9-23-17(20)18-15/h3-7,10-11,19H,2,8-9H2,1H3. The van der Waals surface area contributed by atoms with Gasteiger partial charge in [0.2, 0.25) is 0 Å². The van der Waals surface area contributed by atoms with Gasteiger partial charge in [0.15, 0.2) is 5.16 Å². The lowest BCUT2D eigenvalue weighted by Crippen LogP contribution is -2.11. The van der Waals surface area contributed by atoms with Gasteiger partial charge in [-0.2, -0.15) is 0 Å². The fourth-order valence-electron chi connectivity index (χ4n) is 2.69. The van der Waals surface area contributed by atoms with Crippen molar-refractivity contribution in [3.63, 3.8) is 0 Å². The molecule has 0 radical (unpaired) electrons. The molecule has 1 aliphatic heterocycles. The minimum atomic E-state index is -3.56. The highest BCUT2D eigenvalue weighted by Gasteiger charge is 2.18. The summed E-state index contributed by atoms with van der Waals surface area (Å²) in [5, 5.41) is 1.02. The molecule has 130 valence electrons. The molecular weight excluding hydrogens is 374 g/mol. The largest absolute Gasteiger partial charge is 0.325 e. The molecule has 1 N–H and O–H groups in total. The van der Waals surface area contributed by atoms with Crippen molar-refractivity contribution >= 4 is 38.8 Å². The molecule has 0 saturated carbocycles. The number of fused-ring (bicyclic) bond motifs is 1. The average Bonchev–Trinajstić information content (AvgIpc) is 3.30. The minimum absolute atomic E-state index is 0.340. The monoisotopic (exact) mass is 391 g/mol. The Morgan fingerprint density at radius 2 is 2.16 bits per heavy atom. The molecule has 8 heteroatoms. The van der Waals surface area contributed by atoms with Crippen LogP contribution in [0.25, 0.3) is 11.3 Å². The van der Waals surface area contributed by atoms with Gasteiger partial charge in [0.25, 0.3) is 10.0 Å². The van der Waals surface area contributed by atoms with Crippen LogP contribution in [0.4, 0.5) is 5.69 Å². The maximum absolute atomic E-state index is 12.6. The van der Waals surface area contributed by atoms with Crippen LogP contribution in [0.1, 0.15) is 11.8 Å². The Labute approximate surface area is 155 Å². The van der Waals surface area contributed by atoms with Crippen LogP contribution in [0.3, 0.4) is 0 Å². The maximum atomic E-state index is 12.6. The molecule has 1 aliphatic rings. The van der Waals surface area contributed by atoms with Gasteiger partial charge in [-0.15, -0.1) is 11.3 Å². The van der Waals surface area contributed by atoms with Crippen molar-refractivity contribution in [2.45, 2.75) is 29.3 Å². The first-order chi connectivity index (χ1) is 12.0. The van der Waals surface area contributed by atoms with Gasteiger partial charge in [0.1, 0.15) is 4.21 Å². The van der Waals surface area contributed by atoms with E-state index in [2.05, 4.69) is 14.3 Å². The Balaban J connectivity index is 1.60. The first-order valence-electron chi connectivity index (χ1n) is 7.97. The molecule has 0 aliphatic carbocycles. The number of hydrogen-bond acceptors (Lipinski definition) is 5. The topological polar surface area (TPSA) is 64.0 Å². The zero-order valence-corrected chi connectivity index (χ0v) is 16.0. The Morgan fingerprint density at radius 3 is 2.92 bits per heavy atom. The second-order valence-corrected chi connectivity index (χ2v) is 9.85. The fraction of sp³-hybridized carbons (Fsp3) is 0.235. The molecule has 25 heavy (non-hydrogen) atoms. The van der Waals surface area contributed by atoms with Gasteiger partial charge in [-0.1, -0.05) is 30.8 Å². The van der Waals surface area contributed by atoms with Crippen LogP contribution in [0.2, 0.25) is 0 Å². The lowest BCUT2D eigenvalue weighted by molar-refractivity contribution is 0.603. The third kappa shape index (κ3) is 3.33. The lowest BCUT2D eigenvalue weighted by Gasteiger charge is -2.07. The molecule has 2 aromatic heterocycles. The normalized spacial score (nSPS) is 13.8. The first-order valence-corrected chi connectivity index (χ1v) is 11.3. The number of nitrogens with zero attached hydrogens (tertiary/aromatic N) is 2.